The molecular weight excluding hydrogens is 416 g/mol. The lowest BCUT2D eigenvalue weighted by Gasteiger charge is -2.07. The third-order valence-electron chi connectivity index (χ3n) is 3.42. The highest BCUT2D eigenvalue weighted by atomic mass is 35.5. The number of carbonyl (C=O) groups excluding carboxylic acids is 2. The highest BCUT2D eigenvalue weighted by Crippen LogP contribution is 2.35. The highest BCUT2D eigenvalue weighted by molar-refractivity contribution is 7.99. The summed E-state index contributed by atoms with van der Waals surface area (Å²) in [7, 11) is 0. The molecule has 0 unspecified atom stereocenters. The van der Waals surface area contributed by atoms with Gasteiger partial charge in [-0.1, -0.05) is 41.6 Å². The van der Waals surface area contributed by atoms with Crippen molar-refractivity contribution in [2.75, 3.05) is 11.9 Å². The first-order valence-electron chi connectivity index (χ1n) is 7.63. The van der Waals surface area contributed by atoms with Gasteiger partial charge >= 0.3 is 5.97 Å². The second kappa shape index (κ2) is 8.69. The van der Waals surface area contributed by atoms with Crippen molar-refractivity contribution in [2.24, 2.45) is 0 Å². The van der Waals surface area contributed by atoms with Gasteiger partial charge in [-0.3, -0.25) is 4.79 Å². The van der Waals surface area contributed by atoms with Crippen LogP contribution in [-0.4, -0.2) is 24.2 Å². The fourth-order valence-corrected chi connectivity index (χ4v) is 4.16. The number of rotatable bonds is 6. The summed E-state index contributed by atoms with van der Waals surface area (Å²) in [6, 6.07) is 13.2. The molecule has 0 atom stereocenters. The first-order chi connectivity index (χ1) is 12.9. The van der Waals surface area contributed by atoms with Crippen LogP contribution in [0.1, 0.15) is 9.67 Å². The molecule has 2 aromatic carbocycles. The van der Waals surface area contributed by atoms with E-state index in [4.69, 9.17) is 16.3 Å². The maximum atomic E-state index is 12.3. The molecule has 0 saturated carbocycles. The number of amides is 1. The van der Waals surface area contributed by atoms with E-state index < -0.39 is 24.2 Å². The Morgan fingerprint density at radius 1 is 1.15 bits per heavy atom. The van der Waals surface area contributed by atoms with Gasteiger partial charge in [-0.15, -0.1) is 11.3 Å². The second-order valence-corrected chi connectivity index (χ2v) is 7.76. The zero-order valence-corrected chi connectivity index (χ0v) is 16.0. The minimum Gasteiger partial charge on any atom is -0.451 e. The molecule has 0 aliphatic carbocycles. The Kier molecular flexibility index (Phi) is 6.30. The van der Waals surface area contributed by atoms with Crippen molar-refractivity contribution in [1.82, 2.24) is 0 Å². The van der Waals surface area contributed by atoms with Gasteiger partial charge in [0.15, 0.2) is 6.61 Å². The number of benzene rings is 2. The van der Waals surface area contributed by atoms with Crippen LogP contribution in [0, 0.1) is 0 Å². The van der Waals surface area contributed by atoms with Crippen LogP contribution in [0.4, 0.5) is 14.5 Å². The van der Waals surface area contributed by atoms with Crippen molar-refractivity contribution < 1.29 is 23.1 Å². The largest absolute Gasteiger partial charge is 0.451 e. The van der Waals surface area contributed by atoms with Gasteiger partial charge in [0.2, 0.25) is 0 Å². The monoisotopic (exact) mass is 427 g/mol. The molecule has 1 amide bonds. The maximum absolute atomic E-state index is 12.3. The zero-order chi connectivity index (χ0) is 19.4. The number of carbonyl (C=O) groups is 2. The van der Waals surface area contributed by atoms with Gasteiger partial charge in [0.1, 0.15) is 4.88 Å². The van der Waals surface area contributed by atoms with Gasteiger partial charge in [0.05, 0.1) is 5.02 Å². The molecule has 0 aliphatic heterocycles. The second-order valence-electron chi connectivity index (χ2n) is 5.27. The molecule has 3 aromatic rings. The molecule has 0 radical (unpaired) electrons. The number of halogens is 3. The van der Waals surface area contributed by atoms with Crippen LogP contribution >= 0.6 is 34.7 Å². The summed E-state index contributed by atoms with van der Waals surface area (Å²) in [5, 5.41) is 3.58. The van der Waals surface area contributed by atoms with E-state index in [1.54, 1.807) is 6.07 Å². The summed E-state index contributed by atoms with van der Waals surface area (Å²) < 4.78 is 30.4. The Morgan fingerprint density at radius 3 is 2.52 bits per heavy atom. The molecule has 3 rings (SSSR count). The topological polar surface area (TPSA) is 55.4 Å². The smallest absolute Gasteiger partial charge is 0.350 e. The van der Waals surface area contributed by atoms with Crippen LogP contribution in [0.2, 0.25) is 5.02 Å². The lowest BCUT2D eigenvalue weighted by Crippen LogP contribution is -2.20. The number of fused-ring (bicyclic) bond motifs is 1. The van der Waals surface area contributed by atoms with Crippen LogP contribution in [0.5, 0.6) is 0 Å². The van der Waals surface area contributed by atoms with Crippen LogP contribution in [-0.2, 0) is 9.53 Å². The highest BCUT2D eigenvalue weighted by Gasteiger charge is 2.19. The lowest BCUT2D eigenvalue weighted by molar-refractivity contribution is -0.119. The molecular formula is C18H12ClF2NO3S2. The van der Waals surface area contributed by atoms with Gasteiger partial charge in [0.25, 0.3) is 11.7 Å². The van der Waals surface area contributed by atoms with Crippen LogP contribution < -0.4 is 5.32 Å². The summed E-state index contributed by atoms with van der Waals surface area (Å²) in [5.74, 6) is -3.74. The maximum Gasteiger partial charge on any atom is 0.350 e. The van der Waals surface area contributed by atoms with E-state index >= 15 is 0 Å². The number of esters is 1. The van der Waals surface area contributed by atoms with E-state index in [2.05, 4.69) is 5.32 Å². The molecule has 27 heavy (non-hydrogen) atoms. The van der Waals surface area contributed by atoms with Crippen molar-refractivity contribution >= 4 is 62.3 Å². The van der Waals surface area contributed by atoms with Crippen molar-refractivity contribution in [1.29, 1.82) is 0 Å². The Hall–Kier alpha value is -2.16. The Balaban J connectivity index is 1.56. The van der Waals surface area contributed by atoms with Gasteiger partial charge in [-0.25, -0.2) is 4.79 Å². The van der Waals surface area contributed by atoms with E-state index in [-0.39, 0.29) is 4.88 Å². The van der Waals surface area contributed by atoms with Crippen LogP contribution in [0.15, 0.2) is 53.4 Å². The summed E-state index contributed by atoms with van der Waals surface area (Å²) in [5.41, 5.74) is 0.412. The van der Waals surface area contributed by atoms with Gasteiger partial charge in [-0.2, -0.15) is 8.78 Å². The number of anilines is 1. The molecule has 140 valence electrons. The lowest BCUT2D eigenvalue weighted by atomic mass is 10.2. The Bertz CT molecular complexity index is 976. The summed E-state index contributed by atoms with van der Waals surface area (Å²) in [6.07, 6.45) is 0. The van der Waals surface area contributed by atoms with Crippen molar-refractivity contribution in [3.05, 3.63) is 58.4 Å². The number of alkyl halides is 2. The first kappa shape index (κ1) is 19.6. The summed E-state index contributed by atoms with van der Waals surface area (Å²) in [4.78, 5) is 24.7. The number of nitrogens with one attached hydrogen (secondary N) is 1. The van der Waals surface area contributed by atoms with E-state index in [0.29, 0.717) is 27.4 Å². The number of hydrogen-bond acceptors (Lipinski definition) is 5. The predicted molar refractivity (Wildman–Crippen MR) is 104 cm³/mol. The molecule has 0 aliphatic rings. The van der Waals surface area contributed by atoms with E-state index in [9.17, 15) is 18.4 Å². The Morgan fingerprint density at radius 2 is 1.85 bits per heavy atom. The number of ether oxygens (including phenoxy) is 1. The molecule has 1 heterocycles. The first-order valence-corrected chi connectivity index (χ1v) is 9.70. The Labute approximate surface area is 166 Å². The summed E-state index contributed by atoms with van der Waals surface area (Å²) >= 11 is 7.81. The third kappa shape index (κ3) is 4.97. The fraction of sp³-hybridized carbons (Fsp3) is 0.111. The molecule has 1 N–H and O–H groups in total. The van der Waals surface area contributed by atoms with Gasteiger partial charge in [-0.05, 0) is 30.3 Å². The van der Waals surface area contributed by atoms with Gasteiger partial charge < -0.3 is 10.1 Å². The van der Waals surface area contributed by atoms with E-state index in [1.807, 2.05) is 18.2 Å². The third-order valence-corrected chi connectivity index (χ3v) is 5.80. The summed E-state index contributed by atoms with van der Waals surface area (Å²) in [6.45, 7) is -0.489. The molecule has 0 bridgehead atoms. The minimum atomic E-state index is -2.51. The molecule has 1 aromatic heterocycles. The average molecular weight is 428 g/mol. The molecule has 9 heteroatoms. The SMILES string of the molecule is O=C(COC(=O)c1sc2ccccc2c1Cl)Nc1ccc(SC(F)F)cc1. The van der Waals surface area contributed by atoms with Crippen molar-refractivity contribution in [3.8, 4) is 0 Å². The molecule has 0 fully saturated rings. The standard InChI is InChI=1S/C18H12ClF2NO3S2/c19-15-12-3-1-2-4-13(12)27-16(15)17(24)25-9-14(23)22-10-5-7-11(8-6-10)26-18(20)21/h1-8,18H,9H2,(H,22,23). The molecule has 0 saturated heterocycles. The predicted octanol–water partition coefficient (Wildman–Crippen LogP) is 5.66. The zero-order valence-electron chi connectivity index (χ0n) is 13.6. The van der Waals surface area contributed by atoms with Crippen LogP contribution in [0.3, 0.4) is 0 Å². The van der Waals surface area contributed by atoms with Crippen molar-refractivity contribution in [2.45, 2.75) is 10.7 Å². The average Bonchev–Trinajstić information content (AvgIpc) is 2.98. The van der Waals surface area contributed by atoms with E-state index in [1.165, 1.54) is 35.6 Å². The minimum absolute atomic E-state index is 0.235. The fourth-order valence-electron chi connectivity index (χ4n) is 2.26. The van der Waals surface area contributed by atoms with Crippen molar-refractivity contribution in [3.63, 3.8) is 0 Å². The van der Waals surface area contributed by atoms with Crippen LogP contribution in [0.25, 0.3) is 10.1 Å². The quantitative estimate of drug-likeness (QED) is 0.407. The number of hydrogen-bond donors (Lipinski definition) is 1. The van der Waals surface area contributed by atoms with E-state index in [0.717, 1.165) is 10.1 Å². The normalized spacial score (nSPS) is 11.0. The molecule has 4 nitrogen and oxygen atoms in total. The van der Waals surface area contributed by atoms with Gasteiger partial charge in [0, 0.05) is 20.7 Å². The number of thiophene rings is 1. The molecule has 0 spiro atoms. The number of thioether (sulfide) groups is 1.